The summed E-state index contributed by atoms with van der Waals surface area (Å²) in [4.78, 5) is 10.8. The quantitative estimate of drug-likeness (QED) is 0.626. The summed E-state index contributed by atoms with van der Waals surface area (Å²) in [6.07, 6.45) is 0.692. The summed E-state index contributed by atoms with van der Waals surface area (Å²) >= 11 is 0. The number of aryl methyl sites for hydroxylation is 3. The lowest BCUT2D eigenvalue weighted by molar-refractivity contribution is -0.384. The average Bonchev–Trinajstić information content (AvgIpc) is 2.77. The molecule has 0 bridgehead atoms. The zero-order chi connectivity index (χ0) is 17.0. The molecule has 0 aliphatic carbocycles. The summed E-state index contributed by atoms with van der Waals surface area (Å²) in [6, 6.07) is 7.83. The van der Waals surface area contributed by atoms with Gasteiger partial charge in [0.25, 0.3) is 0 Å². The van der Waals surface area contributed by atoms with Crippen LogP contribution >= 0.6 is 0 Å². The highest BCUT2D eigenvalue weighted by molar-refractivity contribution is 5.59. The summed E-state index contributed by atoms with van der Waals surface area (Å²) in [6.45, 7) is 6.12. The minimum Gasteiger partial charge on any atom is -0.489 e. The molecule has 1 aromatic heterocycles. The van der Waals surface area contributed by atoms with Crippen molar-refractivity contribution in [3.8, 4) is 5.75 Å². The first-order valence-electron chi connectivity index (χ1n) is 7.57. The fourth-order valence-electron chi connectivity index (χ4n) is 2.42. The third-order valence-electron chi connectivity index (χ3n) is 3.62. The molecule has 0 spiro atoms. The molecule has 0 saturated heterocycles. The van der Waals surface area contributed by atoms with Crippen LogP contribution in [0.5, 0.6) is 5.75 Å². The Balaban J connectivity index is 2.08. The minimum absolute atomic E-state index is 0.0120. The normalized spacial score (nSPS) is 12.0. The molecule has 0 radical (unpaired) electrons. The van der Waals surface area contributed by atoms with Gasteiger partial charge < -0.3 is 10.1 Å². The molecule has 1 heterocycles. The van der Waals surface area contributed by atoms with Crippen LogP contribution in [-0.2, 0) is 7.05 Å². The molecule has 0 aliphatic heterocycles. The highest BCUT2D eigenvalue weighted by Gasteiger charge is 2.24. The van der Waals surface area contributed by atoms with Gasteiger partial charge in [-0.1, -0.05) is 19.1 Å². The molecule has 2 rings (SSSR count). The number of hydrogen-bond donors (Lipinski definition) is 1. The monoisotopic (exact) mass is 318 g/mol. The second-order valence-electron chi connectivity index (χ2n) is 5.51. The molecule has 0 saturated carbocycles. The van der Waals surface area contributed by atoms with E-state index in [1.165, 1.54) is 4.68 Å². The Morgan fingerprint density at radius 1 is 1.43 bits per heavy atom. The van der Waals surface area contributed by atoms with Crippen molar-refractivity contribution in [2.75, 3.05) is 11.9 Å². The number of rotatable bonds is 7. The standard InChI is InChI=1S/C16H22N4O3/c1-5-13(23-14-8-6-7-11(2)9-14)10-17-16-15(20(21)22)12(3)18-19(16)4/h6-9,13,17H,5,10H2,1-4H3. The highest BCUT2D eigenvalue weighted by atomic mass is 16.6. The van der Waals surface area contributed by atoms with Crippen molar-refractivity contribution in [3.05, 3.63) is 45.6 Å². The van der Waals surface area contributed by atoms with Gasteiger partial charge in [-0.25, -0.2) is 4.68 Å². The van der Waals surface area contributed by atoms with Gasteiger partial charge in [-0.3, -0.25) is 10.1 Å². The number of ether oxygens (including phenoxy) is 1. The lowest BCUT2D eigenvalue weighted by Crippen LogP contribution is -2.26. The number of nitro groups is 1. The van der Waals surface area contributed by atoms with E-state index >= 15 is 0 Å². The molecule has 7 nitrogen and oxygen atoms in total. The molecule has 23 heavy (non-hydrogen) atoms. The Bertz CT molecular complexity index is 697. The van der Waals surface area contributed by atoms with E-state index in [-0.39, 0.29) is 11.8 Å². The summed E-state index contributed by atoms with van der Waals surface area (Å²) in [5.41, 5.74) is 1.54. The van der Waals surface area contributed by atoms with Gasteiger partial charge in [0.15, 0.2) is 0 Å². The maximum absolute atomic E-state index is 11.2. The number of benzene rings is 1. The van der Waals surface area contributed by atoms with Crippen molar-refractivity contribution in [1.82, 2.24) is 9.78 Å². The van der Waals surface area contributed by atoms with Gasteiger partial charge in [0.05, 0.1) is 11.5 Å². The third-order valence-corrected chi connectivity index (χ3v) is 3.62. The number of aromatic nitrogens is 2. The fraction of sp³-hybridized carbons (Fsp3) is 0.438. The van der Waals surface area contributed by atoms with E-state index in [4.69, 9.17) is 4.74 Å². The van der Waals surface area contributed by atoms with E-state index in [9.17, 15) is 10.1 Å². The largest absolute Gasteiger partial charge is 0.489 e. The van der Waals surface area contributed by atoms with Crippen LogP contribution in [0.3, 0.4) is 0 Å². The van der Waals surface area contributed by atoms with Crippen molar-refractivity contribution < 1.29 is 9.66 Å². The van der Waals surface area contributed by atoms with Crippen molar-refractivity contribution in [2.45, 2.75) is 33.3 Å². The van der Waals surface area contributed by atoms with Crippen LogP contribution in [0.1, 0.15) is 24.6 Å². The van der Waals surface area contributed by atoms with Crippen LogP contribution in [-0.4, -0.2) is 27.4 Å². The number of nitrogens with one attached hydrogen (secondary N) is 1. The first kappa shape index (κ1) is 16.8. The van der Waals surface area contributed by atoms with E-state index in [1.807, 2.05) is 38.1 Å². The first-order chi connectivity index (χ1) is 10.9. The van der Waals surface area contributed by atoms with Crippen LogP contribution in [0, 0.1) is 24.0 Å². The second kappa shape index (κ2) is 7.13. The van der Waals surface area contributed by atoms with E-state index in [0.29, 0.717) is 18.1 Å². The molecule has 7 heteroatoms. The highest BCUT2D eigenvalue weighted by Crippen LogP contribution is 2.27. The van der Waals surface area contributed by atoms with Gasteiger partial charge in [0.1, 0.15) is 17.5 Å². The van der Waals surface area contributed by atoms with Crippen LogP contribution in [0.4, 0.5) is 11.5 Å². The molecule has 1 N–H and O–H groups in total. The lowest BCUT2D eigenvalue weighted by atomic mass is 10.2. The maximum Gasteiger partial charge on any atom is 0.333 e. The number of anilines is 1. The molecule has 1 atom stereocenters. The van der Waals surface area contributed by atoms with Gasteiger partial charge in [-0.05, 0) is 38.0 Å². The Labute approximate surface area is 135 Å². The summed E-state index contributed by atoms with van der Waals surface area (Å²) in [7, 11) is 1.69. The molecule has 1 unspecified atom stereocenters. The Morgan fingerprint density at radius 2 is 2.17 bits per heavy atom. The molecule has 0 fully saturated rings. The lowest BCUT2D eigenvalue weighted by Gasteiger charge is -2.19. The third kappa shape index (κ3) is 4.00. The van der Waals surface area contributed by atoms with Gasteiger partial charge in [0, 0.05) is 7.05 Å². The smallest absolute Gasteiger partial charge is 0.333 e. The Hall–Kier alpha value is -2.57. The van der Waals surface area contributed by atoms with Crippen molar-refractivity contribution in [1.29, 1.82) is 0 Å². The molecular formula is C16H22N4O3. The maximum atomic E-state index is 11.2. The zero-order valence-electron chi connectivity index (χ0n) is 13.9. The summed E-state index contributed by atoms with van der Waals surface area (Å²) in [5, 5.41) is 18.4. The van der Waals surface area contributed by atoms with Crippen LogP contribution in [0.2, 0.25) is 0 Å². The predicted octanol–water partition coefficient (Wildman–Crippen LogP) is 3.21. The average molecular weight is 318 g/mol. The van der Waals surface area contributed by atoms with Gasteiger partial charge in [-0.15, -0.1) is 0 Å². The minimum atomic E-state index is -0.410. The topological polar surface area (TPSA) is 82.2 Å². The van der Waals surface area contributed by atoms with Gasteiger partial charge in [0.2, 0.25) is 5.82 Å². The molecule has 0 amide bonds. The number of hydrogen-bond acceptors (Lipinski definition) is 5. The first-order valence-corrected chi connectivity index (χ1v) is 7.57. The summed E-state index contributed by atoms with van der Waals surface area (Å²) < 4.78 is 7.44. The molecule has 2 aromatic rings. The summed E-state index contributed by atoms with van der Waals surface area (Å²) in [5.74, 6) is 1.20. The number of nitrogens with zero attached hydrogens (tertiary/aromatic N) is 3. The van der Waals surface area contributed by atoms with Crippen LogP contribution < -0.4 is 10.1 Å². The Morgan fingerprint density at radius 3 is 2.78 bits per heavy atom. The van der Waals surface area contributed by atoms with Crippen molar-refractivity contribution in [3.63, 3.8) is 0 Å². The van der Waals surface area contributed by atoms with E-state index in [1.54, 1.807) is 14.0 Å². The van der Waals surface area contributed by atoms with E-state index in [0.717, 1.165) is 17.7 Å². The SMILES string of the molecule is CCC(CNc1c([N+](=O)[O-])c(C)nn1C)Oc1cccc(C)c1. The molecular weight excluding hydrogens is 296 g/mol. The molecule has 124 valence electrons. The van der Waals surface area contributed by atoms with Crippen LogP contribution in [0.25, 0.3) is 0 Å². The van der Waals surface area contributed by atoms with Crippen LogP contribution in [0.15, 0.2) is 24.3 Å². The van der Waals surface area contributed by atoms with Gasteiger partial charge in [-0.2, -0.15) is 5.10 Å². The predicted molar refractivity (Wildman–Crippen MR) is 89.0 cm³/mol. The fourth-order valence-corrected chi connectivity index (χ4v) is 2.42. The van der Waals surface area contributed by atoms with E-state index in [2.05, 4.69) is 10.4 Å². The van der Waals surface area contributed by atoms with Crippen molar-refractivity contribution in [2.24, 2.45) is 7.05 Å². The van der Waals surface area contributed by atoms with E-state index < -0.39 is 4.92 Å². The van der Waals surface area contributed by atoms with Gasteiger partial charge >= 0.3 is 5.69 Å². The zero-order valence-corrected chi connectivity index (χ0v) is 13.9. The molecule has 1 aromatic carbocycles. The molecule has 0 aliphatic rings. The second-order valence-corrected chi connectivity index (χ2v) is 5.51. The van der Waals surface area contributed by atoms with Crippen molar-refractivity contribution >= 4 is 11.5 Å². The Kier molecular flexibility index (Phi) is 5.20.